The number of likely N-dealkylation sites (tertiary alicyclic amines) is 1. The molecule has 1 aliphatic heterocycles. The fraction of sp³-hybridized carbons (Fsp3) is 0.875. The Hall–Kier alpha value is -1.06. The lowest BCUT2D eigenvalue weighted by Gasteiger charge is -2.36. The van der Waals surface area contributed by atoms with Gasteiger partial charge in [0.1, 0.15) is 0 Å². The fourth-order valence-corrected chi connectivity index (χ4v) is 4.53. The van der Waals surface area contributed by atoms with Crippen molar-refractivity contribution in [3.63, 3.8) is 0 Å². The summed E-state index contributed by atoms with van der Waals surface area (Å²) >= 11 is 0. The van der Waals surface area contributed by atoms with Crippen molar-refractivity contribution >= 4 is 11.8 Å². The van der Waals surface area contributed by atoms with E-state index in [1.807, 2.05) is 4.90 Å². The Bertz CT molecular complexity index is 407. The molecule has 4 unspecified atom stereocenters. The molecule has 1 saturated heterocycles. The van der Waals surface area contributed by atoms with Gasteiger partial charge in [-0.1, -0.05) is 6.42 Å². The van der Waals surface area contributed by atoms with Crippen LogP contribution in [0.5, 0.6) is 0 Å². The Morgan fingerprint density at radius 1 is 1.10 bits per heavy atom. The normalized spacial score (nSPS) is 36.2. The van der Waals surface area contributed by atoms with Gasteiger partial charge >= 0.3 is 0 Å². The third-order valence-electron chi connectivity index (χ3n) is 5.58. The van der Waals surface area contributed by atoms with Crippen molar-refractivity contribution in [1.29, 1.82) is 0 Å². The Morgan fingerprint density at radius 2 is 1.90 bits per heavy atom. The lowest BCUT2D eigenvalue weighted by Crippen LogP contribution is -2.47. The molecule has 0 radical (unpaired) electrons. The van der Waals surface area contributed by atoms with E-state index in [1.165, 1.54) is 19.3 Å². The largest absolute Gasteiger partial charge is 0.349 e. The summed E-state index contributed by atoms with van der Waals surface area (Å²) in [7, 11) is 3.61. The van der Waals surface area contributed by atoms with Crippen molar-refractivity contribution < 1.29 is 9.59 Å². The van der Waals surface area contributed by atoms with Crippen LogP contribution in [-0.4, -0.2) is 48.8 Å². The zero-order valence-corrected chi connectivity index (χ0v) is 12.7. The molecule has 2 amide bonds. The highest BCUT2D eigenvalue weighted by molar-refractivity contribution is 5.82. The average molecular weight is 278 g/mol. The van der Waals surface area contributed by atoms with Crippen molar-refractivity contribution in [2.24, 2.45) is 23.7 Å². The smallest absolute Gasteiger partial charge is 0.226 e. The van der Waals surface area contributed by atoms with Crippen molar-refractivity contribution in [2.45, 2.75) is 38.5 Å². The molecule has 0 aromatic rings. The number of nitrogens with zero attached hydrogens (tertiary/aromatic N) is 2. The van der Waals surface area contributed by atoms with Crippen LogP contribution in [0.15, 0.2) is 0 Å². The van der Waals surface area contributed by atoms with E-state index in [4.69, 9.17) is 0 Å². The van der Waals surface area contributed by atoms with E-state index >= 15 is 0 Å². The summed E-state index contributed by atoms with van der Waals surface area (Å²) in [4.78, 5) is 28.5. The topological polar surface area (TPSA) is 40.6 Å². The molecular formula is C16H26N2O2. The second-order valence-electron chi connectivity index (χ2n) is 7.14. The Morgan fingerprint density at radius 3 is 2.50 bits per heavy atom. The summed E-state index contributed by atoms with van der Waals surface area (Å²) in [5.41, 5.74) is 0. The number of hydrogen-bond acceptors (Lipinski definition) is 2. The van der Waals surface area contributed by atoms with Crippen LogP contribution in [0.1, 0.15) is 38.5 Å². The molecule has 2 saturated carbocycles. The molecule has 112 valence electrons. The highest BCUT2D eigenvalue weighted by Crippen LogP contribution is 2.49. The Balaban J connectivity index is 1.62. The maximum absolute atomic E-state index is 12.7. The molecule has 20 heavy (non-hydrogen) atoms. The van der Waals surface area contributed by atoms with Crippen molar-refractivity contribution in [1.82, 2.24) is 9.80 Å². The summed E-state index contributed by atoms with van der Waals surface area (Å²) in [5.74, 6) is 2.24. The molecule has 0 aromatic carbocycles. The van der Waals surface area contributed by atoms with E-state index in [1.54, 1.807) is 19.0 Å². The maximum atomic E-state index is 12.7. The van der Waals surface area contributed by atoms with Crippen LogP contribution >= 0.6 is 0 Å². The van der Waals surface area contributed by atoms with Crippen LogP contribution in [0, 0.1) is 23.7 Å². The Labute approximate surface area is 121 Å². The van der Waals surface area contributed by atoms with Crippen LogP contribution in [0.4, 0.5) is 0 Å². The quantitative estimate of drug-likeness (QED) is 0.772. The molecule has 0 N–H and O–H groups in total. The monoisotopic (exact) mass is 278 g/mol. The van der Waals surface area contributed by atoms with Gasteiger partial charge in [0.2, 0.25) is 11.8 Å². The molecule has 2 bridgehead atoms. The average Bonchev–Trinajstić information content (AvgIpc) is 3.08. The lowest BCUT2D eigenvalue weighted by atomic mass is 9.86. The molecule has 2 aliphatic carbocycles. The third-order valence-corrected chi connectivity index (χ3v) is 5.58. The zero-order chi connectivity index (χ0) is 14.3. The molecule has 4 atom stereocenters. The maximum Gasteiger partial charge on any atom is 0.226 e. The van der Waals surface area contributed by atoms with Crippen molar-refractivity contribution in [3.05, 3.63) is 0 Å². The summed E-state index contributed by atoms with van der Waals surface area (Å²) < 4.78 is 0. The third kappa shape index (κ3) is 2.45. The molecule has 1 heterocycles. The SMILES string of the molecule is CN(C)C(=O)C1CCCN(C(=O)C2CC3CCC2C3)C1. The molecule has 3 aliphatic rings. The predicted octanol–water partition coefficient (Wildman–Crippen LogP) is 1.75. The molecular weight excluding hydrogens is 252 g/mol. The molecule has 3 fully saturated rings. The van der Waals surface area contributed by atoms with Gasteiger partial charge in [-0.15, -0.1) is 0 Å². The molecule has 4 heteroatoms. The van der Waals surface area contributed by atoms with Crippen molar-refractivity contribution in [2.75, 3.05) is 27.2 Å². The standard InChI is InChI=1S/C16H26N2O2/c1-17(2)15(19)13-4-3-7-18(10-13)16(20)14-9-11-5-6-12(14)8-11/h11-14H,3-10H2,1-2H3. The number of hydrogen-bond donors (Lipinski definition) is 0. The molecule has 3 rings (SSSR count). The molecule has 0 spiro atoms. The van der Waals surface area contributed by atoms with Gasteiger partial charge in [-0.05, 0) is 43.9 Å². The zero-order valence-electron chi connectivity index (χ0n) is 12.7. The second kappa shape index (κ2) is 5.38. The summed E-state index contributed by atoms with van der Waals surface area (Å²) in [6.45, 7) is 1.49. The van der Waals surface area contributed by atoms with Crippen LogP contribution in [0.2, 0.25) is 0 Å². The van der Waals surface area contributed by atoms with Gasteiger partial charge < -0.3 is 9.80 Å². The van der Waals surface area contributed by atoms with Gasteiger partial charge in [0.25, 0.3) is 0 Å². The van der Waals surface area contributed by atoms with E-state index in [-0.39, 0.29) is 17.7 Å². The second-order valence-corrected chi connectivity index (χ2v) is 7.14. The predicted molar refractivity (Wildman–Crippen MR) is 76.9 cm³/mol. The first kappa shape index (κ1) is 13.9. The van der Waals surface area contributed by atoms with E-state index in [2.05, 4.69) is 0 Å². The van der Waals surface area contributed by atoms with Gasteiger partial charge in [-0.2, -0.15) is 0 Å². The Kier molecular flexibility index (Phi) is 3.74. The lowest BCUT2D eigenvalue weighted by molar-refractivity contribution is -0.142. The minimum absolute atomic E-state index is 0.0151. The first-order valence-corrected chi connectivity index (χ1v) is 8.06. The van der Waals surface area contributed by atoms with E-state index in [9.17, 15) is 9.59 Å². The summed E-state index contributed by atoms with van der Waals surface area (Å²) in [6.07, 6.45) is 6.84. The van der Waals surface area contributed by atoms with Crippen LogP contribution in [0.25, 0.3) is 0 Å². The van der Waals surface area contributed by atoms with Crippen LogP contribution in [0.3, 0.4) is 0 Å². The minimum Gasteiger partial charge on any atom is -0.349 e. The highest BCUT2D eigenvalue weighted by Gasteiger charge is 2.45. The summed E-state index contributed by atoms with van der Waals surface area (Å²) in [6, 6.07) is 0. The minimum atomic E-state index is 0.0151. The fourth-order valence-electron chi connectivity index (χ4n) is 4.53. The van der Waals surface area contributed by atoms with Gasteiger partial charge in [-0.3, -0.25) is 9.59 Å². The van der Waals surface area contributed by atoms with Gasteiger partial charge in [0.15, 0.2) is 0 Å². The van der Waals surface area contributed by atoms with E-state index < -0.39 is 0 Å². The van der Waals surface area contributed by atoms with Crippen molar-refractivity contribution in [3.8, 4) is 0 Å². The number of amides is 2. The highest BCUT2D eigenvalue weighted by atomic mass is 16.2. The number of rotatable bonds is 2. The van der Waals surface area contributed by atoms with E-state index in [0.29, 0.717) is 18.4 Å². The van der Waals surface area contributed by atoms with Gasteiger partial charge in [0.05, 0.1) is 5.92 Å². The molecule has 4 nitrogen and oxygen atoms in total. The number of piperidine rings is 1. The molecule has 0 aromatic heterocycles. The van der Waals surface area contributed by atoms with Gasteiger partial charge in [0, 0.05) is 33.1 Å². The summed E-state index contributed by atoms with van der Waals surface area (Å²) in [5, 5.41) is 0. The number of carbonyl (C=O) groups is 2. The van der Waals surface area contributed by atoms with Gasteiger partial charge in [-0.25, -0.2) is 0 Å². The van der Waals surface area contributed by atoms with E-state index in [0.717, 1.165) is 31.7 Å². The van der Waals surface area contributed by atoms with Crippen LogP contribution < -0.4 is 0 Å². The van der Waals surface area contributed by atoms with Crippen LogP contribution in [-0.2, 0) is 9.59 Å². The number of carbonyl (C=O) groups excluding carboxylic acids is 2. The first-order valence-electron chi connectivity index (χ1n) is 8.06. The number of fused-ring (bicyclic) bond motifs is 2. The first-order chi connectivity index (χ1) is 9.56.